The Kier molecular flexibility index (Phi) is 3.70. The van der Waals surface area contributed by atoms with Crippen molar-refractivity contribution in [3.8, 4) is 11.3 Å². The van der Waals surface area contributed by atoms with Crippen LogP contribution >= 0.6 is 0 Å². The van der Waals surface area contributed by atoms with Crippen LogP contribution in [0.2, 0.25) is 0 Å². The number of nitrogens with zero attached hydrogens (tertiary/aromatic N) is 2. The SMILES string of the molecule is Cc1cc(C)cc(C(=O)Nc2cc(-c3cccnc3)no2)c1. The summed E-state index contributed by atoms with van der Waals surface area (Å²) in [6, 6.07) is 11.1. The van der Waals surface area contributed by atoms with Crippen molar-refractivity contribution in [1.29, 1.82) is 0 Å². The Balaban J connectivity index is 1.79. The Morgan fingerprint density at radius 3 is 2.59 bits per heavy atom. The molecule has 0 aliphatic rings. The lowest BCUT2D eigenvalue weighted by molar-refractivity contribution is 0.102. The maximum Gasteiger partial charge on any atom is 0.258 e. The summed E-state index contributed by atoms with van der Waals surface area (Å²) in [7, 11) is 0. The predicted octanol–water partition coefficient (Wildman–Crippen LogP) is 3.61. The standard InChI is InChI=1S/C17H15N3O2/c1-11-6-12(2)8-14(7-11)17(21)19-16-9-15(20-22-16)13-4-3-5-18-10-13/h3-10H,1-2H3,(H,19,21). The topological polar surface area (TPSA) is 68.0 Å². The second kappa shape index (κ2) is 5.81. The van der Waals surface area contributed by atoms with Gasteiger partial charge in [-0.1, -0.05) is 22.3 Å². The molecule has 0 atom stereocenters. The summed E-state index contributed by atoms with van der Waals surface area (Å²) < 4.78 is 5.16. The van der Waals surface area contributed by atoms with Gasteiger partial charge in [0, 0.05) is 29.6 Å². The van der Waals surface area contributed by atoms with Crippen molar-refractivity contribution in [3.05, 3.63) is 65.5 Å². The van der Waals surface area contributed by atoms with Crippen LogP contribution in [0.1, 0.15) is 21.5 Å². The quantitative estimate of drug-likeness (QED) is 0.801. The summed E-state index contributed by atoms with van der Waals surface area (Å²) in [4.78, 5) is 16.3. The molecule has 0 fully saturated rings. The van der Waals surface area contributed by atoms with E-state index in [9.17, 15) is 4.79 Å². The first-order valence-electron chi connectivity index (χ1n) is 6.88. The number of hydrogen-bond acceptors (Lipinski definition) is 4. The fraction of sp³-hybridized carbons (Fsp3) is 0.118. The Hall–Kier alpha value is -2.95. The largest absolute Gasteiger partial charge is 0.338 e. The average molecular weight is 293 g/mol. The molecular weight excluding hydrogens is 278 g/mol. The number of amides is 1. The van der Waals surface area contributed by atoms with Crippen LogP contribution in [0, 0.1) is 13.8 Å². The van der Waals surface area contributed by atoms with Gasteiger partial charge in [0.15, 0.2) is 0 Å². The van der Waals surface area contributed by atoms with E-state index in [0.717, 1.165) is 16.7 Å². The maximum atomic E-state index is 12.3. The highest BCUT2D eigenvalue weighted by Gasteiger charge is 2.12. The third kappa shape index (κ3) is 3.03. The zero-order valence-corrected chi connectivity index (χ0v) is 12.3. The Morgan fingerprint density at radius 2 is 1.91 bits per heavy atom. The highest BCUT2D eigenvalue weighted by atomic mass is 16.5. The fourth-order valence-electron chi connectivity index (χ4n) is 2.27. The van der Waals surface area contributed by atoms with E-state index >= 15 is 0 Å². The lowest BCUT2D eigenvalue weighted by atomic mass is 10.1. The summed E-state index contributed by atoms with van der Waals surface area (Å²) in [5, 5.41) is 6.65. The molecule has 0 aliphatic carbocycles. The number of carbonyl (C=O) groups excluding carboxylic acids is 1. The maximum absolute atomic E-state index is 12.3. The first-order chi connectivity index (χ1) is 10.6. The predicted molar refractivity (Wildman–Crippen MR) is 83.6 cm³/mol. The van der Waals surface area contributed by atoms with Gasteiger partial charge in [0.2, 0.25) is 5.88 Å². The van der Waals surface area contributed by atoms with E-state index in [1.807, 2.05) is 44.2 Å². The third-order valence-corrected chi connectivity index (χ3v) is 3.19. The molecule has 5 nitrogen and oxygen atoms in total. The number of pyridine rings is 1. The summed E-state index contributed by atoms with van der Waals surface area (Å²) in [5.74, 6) is 0.0868. The van der Waals surface area contributed by atoms with Crippen LogP contribution in [-0.4, -0.2) is 16.0 Å². The number of aromatic nitrogens is 2. The minimum atomic E-state index is -0.222. The van der Waals surface area contributed by atoms with E-state index in [1.54, 1.807) is 18.5 Å². The first-order valence-corrected chi connectivity index (χ1v) is 6.88. The molecule has 0 bridgehead atoms. The number of nitrogens with one attached hydrogen (secondary N) is 1. The number of hydrogen-bond donors (Lipinski definition) is 1. The van der Waals surface area contributed by atoms with Crippen LogP contribution in [0.3, 0.4) is 0 Å². The Labute approximate surface area is 128 Å². The van der Waals surface area contributed by atoms with Crippen LogP contribution in [-0.2, 0) is 0 Å². The molecule has 3 aromatic rings. The van der Waals surface area contributed by atoms with Gasteiger partial charge < -0.3 is 4.52 Å². The minimum Gasteiger partial charge on any atom is -0.338 e. The summed E-state index contributed by atoms with van der Waals surface area (Å²) in [5.41, 5.74) is 4.14. The Morgan fingerprint density at radius 1 is 1.14 bits per heavy atom. The second-order valence-corrected chi connectivity index (χ2v) is 5.15. The zero-order valence-electron chi connectivity index (χ0n) is 12.3. The van der Waals surface area contributed by atoms with Crippen LogP contribution in [0.25, 0.3) is 11.3 Å². The molecule has 0 spiro atoms. The van der Waals surface area contributed by atoms with Crippen LogP contribution < -0.4 is 5.32 Å². The third-order valence-electron chi connectivity index (χ3n) is 3.19. The fourth-order valence-corrected chi connectivity index (χ4v) is 2.27. The van der Waals surface area contributed by atoms with Crippen molar-refractivity contribution >= 4 is 11.8 Å². The molecular formula is C17H15N3O2. The van der Waals surface area contributed by atoms with Crippen molar-refractivity contribution in [2.24, 2.45) is 0 Å². The molecule has 5 heteroatoms. The zero-order chi connectivity index (χ0) is 15.5. The van der Waals surface area contributed by atoms with Gasteiger partial charge in [-0.25, -0.2) is 0 Å². The molecule has 0 aliphatic heterocycles. The van der Waals surface area contributed by atoms with E-state index in [0.29, 0.717) is 17.1 Å². The van der Waals surface area contributed by atoms with Gasteiger partial charge in [-0.15, -0.1) is 0 Å². The van der Waals surface area contributed by atoms with E-state index in [4.69, 9.17) is 4.52 Å². The summed E-state index contributed by atoms with van der Waals surface area (Å²) >= 11 is 0. The number of carbonyl (C=O) groups is 1. The average Bonchev–Trinajstić information content (AvgIpc) is 2.95. The lowest BCUT2D eigenvalue weighted by Gasteiger charge is -2.04. The van der Waals surface area contributed by atoms with Crippen molar-refractivity contribution in [2.45, 2.75) is 13.8 Å². The van der Waals surface area contributed by atoms with E-state index in [1.165, 1.54) is 0 Å². The summed E-state index contributed by atoms with van der Waals surface area (Å²) in [6.07, 6.45) is 3.37. The molecule has 2 aromatic heterocycles. The molecule has 1 N–H and O–H groups in total. The van der Waals surface area contributed by atoms with Crippen molar-refractivity contribution < 1.29 is 9.32 Å². The highest BCUT2D eigenvalue weighted by Crippen LogP contribution is 2.21. The molecule has 1 aromatic carbocycles. The van der Waals surface area contributed by atoms with Crippen molar-refractivity contribution in [1.82, 2.24) is 10.1 Å². The normalized spacial score (nSPS) is 10.5. The minimum absolute atomic E-state index is 0.222. The van der Waals surface area contributed by atoms with Gasteiger partial charge in [-0.2, -0.15) is 0 Å². The van der Waals surface area contributed by atoms with Crippen molar-refractivity contribution in [3.63, 3.8) is 0 Å². The van der Waals surface area contributed by atoms with Crippen molar-refractivity contribution in [2.75, 3.05) is 5.32 Å². The molecule has 110 valence electrons. The molecule has 22 heavy (non-hydrogen) atoms. The van der Waals surface area contributed by atoms with E-state index < -0.39 is 0 Å². The molecule has 0 saturated heterocycles. The summed E-state index contributed by atoms with van der Waals surface area (Å²) in [6.45, 7) is 3.91. The van der Waals surface area contributed by atoms with Crippen LogP contribution in [0.4, 0.5) is 5.88 Å². The highest BCUT2D eigenvalue weighted by molar-refractivity contribution is 6.03. The number of aryl methyl sites for hydroxylation is 2. The van der Waals surface area contributed by atoms with Gasteiger partial charge in [0.1, 0.15) is 5.69 Å². The van der Waals surface area contributed by atoms with Crippen LogP contribution in [0.5, 0.6) is 0 Å². The van der Waals surface area contributed by atoms with Gasteiger partial charge in [0.25, 0.3) is 5.91 Å². The molecule has 0 unspecified atom stereocenters. The van der Waals surface area contributed by atoms with Gasteiger partial charge in [-0.05, 0) is 38.1 Å². The Bertz CT molecular complexity index is 790. The van der Waals surface area contributed by atoms with Crippen LogP contribution in [0.15, 0.2) is 53.3 Å². The first kappa shape index (κ1) is 14.0. The van der Waals surface area contributed by atoms with Gasteiger partial charge in [0.05, 0.1) is 0 Å². The van der Waals surface area contributed by atoms with E-state index in [-0.39, 0.29) is 5.91 Å². The monoisotopic (exact) mass is 293 g/mol. The van der Waals surface area contributed by atoms with Gasteiger partial charge in [-0.3, -0.25) is 15.1 Å². The van der Waals surface area contributed by atoms with E-state index in [2.05, 4.69) is 15.5 Å². The number of benzene rings is 1. The second-order valence-electron chi connectivity index (χ2n) is 5.15. The smallest absolute Gasteiger partial charge is 0.258 e. The lowest BCUT2D eigenvalue weighted by Crippen LogP contribution is -2.11. The molecule has 0 saturated carbocycles. The molecule has 2 heterocycles. The molecule has 1 amide bonds. The molecule has 0 radical (unpaired) electrons. The number of rotatable bonds is 3. The van der Waals surface area contributed by atoms with Gasteiger partial charge >= 0.3 is 0 Å². The number of anilines is 1. The molecule has 3 rings (SSSR count).